The number of esters is 1. The second kappa shape index (κ2) is 8.77. The van der Waals surface area contributed by atoms with Crippen LogP contribution in [0.25, 0.3) is 0 Å². The molecule has 0 atom stereocenters. The highest BCUT2D eigenvalue weighted by Gasteiger charge is 2.14. The van der Waals surface area contributed by atoms with Crippen molar-refractivity contribution in [1.29, 1.82) is 0 Å². The van der Waals surface area contributed by atoms with E-state index in [4.69, 9.17) is 22.1 Å². The van der Waals surface area contributed by atoms with Gasteiger partial charge in [-0.2, -0.15) is 0 Å². The number of halogens is 1. The van der Waals surface area contributed by atoms with Crippen molar-refractivity contribution in [1.82, 2.24) is 0 Å². The van der Waals surface area contributed by atoms with E-state index in [9.17, 15) is 9.59 Å². The molecule has 1 saturated heterocycles. The number of amides is 1. The Balaban J connectivity index is 1.50. The number of nitrogens with zero attached hydrogens (tertiary/aromatic N) is 1. The van der Waals surface area contributed by atoms with Gasteiger partial charge < -0.3 is 20.7 Å². The maximum atomic E-state index is 12.0. The van der Waals surface area contributed by atoms with Crippen molar-refractivity contribution in [3.63, 3.8) is 0 Å². The van der Waals surface area contributed by atoms with Crippen LogP contribution >= 0.6 is 11.6 Å². The van der Waals surface area contributed by atoms with Gasteiger partial charge in [0.2, 0.25) is 0 Å². The molecule has 2 aromatic rings. The standard InChI is InChI=1S/C20H22ClN3O3/c21-14-4-9-17(18(22)12-14)20(26)27-13-19(25)23-15-5-7-16(8-6-15)24-10-2-1-3-11-24/h4-9,12H,1-3,10-11,13,22H2,(H,23,25). The van der Waals surface area contributed by atoms with Gasteiger partial charge in [0.1, 0.15) is 0 Å². The Bertz CT molecular complexity index is 818. The highest BCUT2D eigenvalue weighted by atomic mass is 35.5. The molecule has 3 rings (SSSR count). The van der Waals surface area contributed by atoms with Gasteiger partial charge in [-0.1, -0.05) is 11.6 Å². The van der Waals surface area contributed by atoms with E-state index in [2.05, 4.69) is 10.2 Å². The summed E-state index contributed by atoms with van der Waals surface area (Å²) in [6, 6.07) is 12.1. The fourth-order valence-corrected chi connectivity index (χ4v) is 3.21. The molecule has 1 fully saturated rings. The third kappa shape index (κ3) is 5.14. The van der Waals surface area contributed by atoms with Crippen LogP contribution in [0.4, 0.5) is 17.1 Å². The molecular weight excluding hydrogens is 366 g/mol. The van der Waals surface area contributed by atoms with E-state index >= 15 is 0 Å². The first kappa shape index (κ1) is 19.0. The number of carbonyl (C=O) groups excluding carboxylic acids is 2. The Morgan fingerprint density at radius 2 is 1.78 bits per heavy atom. The molecule has 6 nitrogen and oxygen atoms in total. The topological polar surface area (TPSA) is 84.7 Å². The van der Waals surface area contributed by atoms with Crippen molar-refractivity contribution in [3.8, 4) is 0 Å². The van der Waals surface area contributed by atoms with Crippen LogP contribution in [0.3, 0.4) is 0 Å². The summed E-state index contributed by atoms with van der Waals surface area (Å²) in [7, 11) is 0. The molecule has 0 aromatic heterocycles. The number of piperidine rings is 1. The summed E-state index contributed by atoms with van der Waals surface area (Å²) in [5.74, 6) is -1.08. The number of nitrogen functional groups attached to an aromatic ring is 1. The van der Waals surface area contributed by atoms with Crippen LogP contribution in [0.2, 0.25) is 5.02 Å². The van der Waals surface area contributed by atoms with E-state index in [0.717, 1.165) is 18.8 Å². The Labute approximate surface area is 163 Å². The lowest BCUT2D eigenvalue weighted by atomic mass is 10.1. The molecule has 0 saturated carbocycles. The Kier molecular flexibility index (Phi) is 6.19. The van der Waals surface area contributed by atoms with Crippen molar-refractivity contribution >= 4 is 40.5 Å². The number of anilines is 3. The normalized spacial score (nSPS) is 13.9. The molecule has 0 bridgehead atoms. The molecule has 0 aliphatic carbocycles. The summed E-state index contributed by atoms with van der Waals surface area (Å²) < 4.78 is 5.02. The smallest absolute Gasteiger partial charge is 0.340 e. The largest absolute Gasteiger partial charge is 0.452 e. The first-order valence-electron chi connectivity index (χ1n) is 8.90. The van der Waals surface area contributed by atoms with Crippen molar-refractivity contribution < 1.29 is 14.3 Å². The molecule has 3 N–H and O–H groups in total. The van der Waals surface area contributed by atoms with Crippen molar-refractivity contribution in [2.24, 2.45) is 0 Å². The number of nitrogens with one attached hydrogen (secondary N) is 1. The lowest BCUT2D eigenvalue weighted by Crippen LogP contribution is -2.29. The molecule has 1 aliphatic rings. The zero-order chi connectivity index (χ0) is 19.2. The summed E-state index contributed by atoms with van der Waals surface area (Å²) in [5, 5.41) is 3.14. The van der Waals surface area contributed by atoms with Crippen LogP contribution < -0.4 is 16.0 Å². The molecule has 0 radical (unpaired) electrons. The van der Waals surface area contributed by atoms with Crippen LogP contribution in [0, 0.1) is 0 Å². The van der Waals surface area contributed by atoms with E-state index in [1.54, 1.807) is 6.07 Å². The van der Waals surface area contributed by atoms with Gasteiger partial charge in [0.15, 0.2) is 6.61 Å². The van der Waals surface area contributed by atoms with Crippen molar-refractivity contribution in [2.75, 3.05) is 35.6 Å². The average molecular weight is 388 g/mol. The number of hydrogen-bond acceptors (Lipinski definition) is 5. The highest BCUT2D eigenvalue weighted by Crippen LogP contribution is 2.22. The summed E-state index contributed by atoms with van der Waals surface area (Å²) >= 11 is 5.80. The Hall–Kier alpha value is -2.73. The van der Waals surface area contributed by atoms with Crippen LogP contribution in [0.5, 0.6) is 0 Å². The number of hydrogen-bond donors (Lipinski definition) is 2. The predicted octanol–water partition coefficient (Wildman–Crippen LogP) is 3.71. The van der Waals surface area contributed by atoms with Gasteiger partial charge in [0.05, 0.1) is 5.56 Å². The van der Waals surface area contributed by atoms with Crippen LogP contribution in [-0.4, -0.2) is 31.6 Å². The van der Waals surface area contributed by atoms with Crippen LogP contribution in [-0.2, 0) is 9.53 Å². The van der Waals surface area contributed by atoms with Gasteiger partial charge in [0.25, 0.3) is 5.91 Å². The monoisotopic (exact) mass is 387 g/mol. The molecule has 7 heteroatoms. The molecule has 0 spiro atoms. The number of ether oxygens (including phenoxy) is 1. The van der Waals surface area contributed by atoms with Gasteiger partial charge in [-0.15, -0.1) is 0 Å². The molecule has 142 valence electrons. The molecule has 1 aliphatic heterocycles. The van der Waals surface area contributed by atoms with E-state index in [1.807, 2.05) is 24.3 Å². The minimum Gasteiger partial charge on any atom is -0.452 e. The fraction of sp³-hybridized carbons (Fsp3) is 0.300. The SMILES string of the molecule is Nc1cc(Cl)ccc1C(=O)OCC(=O)Nc1ccc(N2CCCCC2)cc1. The summed E-state index contributed by atoms with van der Waals surface area (Å²) in [6.07, 6.45) is 3.70. The highest BCUT2D eigenvalue weighted by molar-refractivity contribution is 6.31. The van der Waals surface area contributed by atoms with Gasteiger partial charge in [-0.25, -0.2) is 4.79 Å². The van der Waals surface area contributed by atoms with Crippen LogP contribution in [0.1, 0.15) is 29.6 Å². The Morgan fingerprint density at radius 1 is 1.07 bits per heavy atom. The molecule has 2 aromatic carbocycles. The molecule has 1 heterocycles. The van der Waals surface area contributed by atoms with E-state index < -0.39 is 18.5 Å². The van der Waals surface area contributed by atoms with E-state index in [-0.39, 0.29) is 11.3 Å². The molecule has 27 heavy (non-hydrogen) atoms. The molecule has 1 amide bonds. The van der Waals surface area contributed by atoms with Crippen molar-refractivity contribution in [3.05, 3.63) is 53.1 Å². The summed E-state index contributed by atoms with van der Waals surface area (Å²) in [6.45, 7) is 1.74. The minimum absolute atomic E-state index is 0.179. The summed E-state index contributed by atoms with van der Waals surface area (Å²) in [4.78, 5) is 26.4. The lowest BCUT2D eigenvalue weighted by molar-refractivity contribution is -0.119. The average Bonchev–Trinajstić information content (AvgIpc) is 2.67. The van der Waals surface area contributed by atoms with E-state index in [0.29, 0.717) is 10.7 Å². The zero-order valence-electron chi connectivity index (χ0n) is 14.9. The predicted molar refractivity (Wildman–Crippen MR) is 107 cm³/mol. The van der Waals surface area contributed by atoms with E-state index in [1.165, 1.54) is 31.4 Å². The molecule has 0 unspecified atom stereocenters. The molecular formula is C20H22ClN3O3. The first-order chi connectivity index (χ1) is 13.0. The Morgan fingerprint density at radius 3 is 2.44 bits per heavy atom. The third-order valence-corrected chi connectivity index (χ3v) is 4.68. The fourth-order valence-electron chi connectivity index (χ4n) is 3.03. The maximum Gasteiger partial charge on any atom is 0.340 e. The lowest BCUT2D eigenvalue weighted by Gasteiger charge is -2.28. The van der Waals surface area contributed by atoms with Gasteiger partial charge in [0, 0.05) is 35.2 Å². The third-order valence-electron chi connectivity index (χ3n) is 4.44. The van der Waals surface area contributed by atoms with Gasteiger partial charge in [-0.3, -0.25) is 4.79 Å². The van der Waals surface area contributed by atoms with Crippen molar-refractivity contribution in [2.45, 2.75) is 19.3 Å². The van der Waals surface area contributed by atoms with Gasteiger partial charge >= 0.3 is 5.97 Å². The number of nitrogens with two attached hydrogens (primary N) is 1. The summed E-state index contributed by atoms with van der Waals surface area (Å²) in [5.41, 5.74) is 7.93. The second-order valence-corrected chi connectivity index (χ2v) is 6.89. The second-order valence-electron chi connectivity index (χ2n) is 6.45. The number of carbonyl (C=O) groups is 2. The minimum atomic E-state index is -0.667. The number of rotatable bonds is 5. The van der Waals surface area contributed by atoms with Crippen LogP contribution in [0.15, 0.2) is 42.5 Å². The first-order valence-corrected chi connectivity index (χ1v) is 9.28. The maximum absolute atomic E-state index is 12.0. The van der Waals surface area contributed by atoms with Gasteiger partial charge in [-0.05, 0) is 61.7 Å². The quantitative estimate of drug-likeness (QED) is 0.603. The number of benzene rings is 2. The zero-order valence-corrected chi connectivity index (χ0v) is 15.7.